The van der Waals surface area contributed by atoms with Gasteiger partial charge in [0.2, 0.25) is 0 Å². The second-order valence-corrected chi connectivity index (χ2v) is 7.64. The van der Waals surface area contributed by atoms with Crippen LogP contribution < -0.4 is 5.32 Å². The molecule has 2 aromatic rings. The zero-order chi connectivity index (χ0) is 18.2. The molecule has 0 aromatic heterocycles. The summed E-state index contributed by atoms with van der Waals surface area (Å²) in [5, 5.41) is 3.20. The first-order valence-corrected chi connectivity index (χ1v) is 10.7. The third-order valence-electron chi connectivity index (χ3n) is 5.07. The van der Waals surface area contributed by atoms with Crippen molar-refractivity contribution in [2.24, 2.45) is 0 Å². The highest BCUT2D eigenvalue weighted by Crippen LogP contribution is 2.24. The number of thioether (sulfide) groups is 1. The van der Waals surface area contributed by atoms with Crippen LogP contribution in [0.5, 0.6) is 0 Å². The number of hydrogen-bond donors (Lipinski definition) is 1. The third kappa shape index (κ3) is 4.89. The Balaban J connectivity index is 1.74. The van der Waals surface area contributed by atoms with Gasteiger partial charge in [-0.3, -0.25) is 9.69 Å². The van der Waals surface area contributed by atoms with Gasteiger partial charge in [-0.2, -0.15) is 0 Å². The van der Waals surface area contributed by atoms with Crippen LogP contribution in [0.1, 0.15) is 47.6 Å². The summed E-state index contributed by atoms with van der Waals surface area (Å²) in [4.78, 5) is 16.3. The van der Waals surface area contributed by atoms with Crippen LogP contribution in [0.15, 0.2) is 59.5 Å². The molecular weight excluding hydrogens is 340 g/mol. The lowest BCUT2D eigenvalue weighted by molar-refractivity contribution is 0.0930. The Hall–Kier alpha value is -1.78. The highest BCUT2D eigenvalue weighted by Gasteiger charge is 2.22. The molecule has 26 heavy (non-hydrogen) atoms. The molecule has 2 aromatic carbocycles. The summed E-state index contributed by atoms with van der Waals surface area (Å²) in [6.45, 7) is 2.86. The van der Waals surface area contributed by atoms with E-state index >= 15 is 0 Å². The lowest BCUT2D eigenvalue weighted by atomic mass is 10.0. The molecule has 1 N–H and O–H groups in total. The van der Waals surface area contributed by atoms with Crippen molar-refractivity contribution in [3.8, 4) is 0 Å². The van der Waals surface area contributed by atoms with Gasteiger partial charge in [-0.15, -0.1) is 11.8 Å². The van der Waals surface area contributed by atoms with Crippen LogP contribution in [0.2, 0.25) is 0 Å². The fourth-order valence-corrected chi connectivity index (χ4v) is 4.25. The molecule has 0 bridgehead atoms. The van der Waals surface area contributed by atoms with Crippen molar-refractivity contribution in [1.29, 1.82) is 0 Å². The van der Waals surface area contributed by atoms with Crippen LogP contribution >= 0.6 is 11.8 Å². The first-order valence-electron chi connectivity index (χ1n) is 9.50. The van der Waals surface area contributed by atoms with E-state index in [0.29, 0.717) is 6.54 Å². The minimum atomic E-state index is 0.0192. The molecule has 1 heterocycles. The standard InChI is InChI=1S/C22H28N2OS/c1-26-21-14-8-7-13-19(21)22(25)23-17-20(18-11-5-4-6-12-18)24-15-9-2-3-10-16-24/h4-8,11-14,20H,2-3,9-10,15-17H2,1H3,(H,23,25)/t20-/m0/s1. The summed E-state index contributed by atoms with van der Waals surface area (Å²) in [7, 11) is 0. The molecule has 1 amide bonds. The summed E-state index contributed by atoms with van der Waals surface area (Å²) < 4.78 is 0. The molecule has 3 nitrogen and oxygen atoms in total. The monoisotopic (exact) mass is 368 g/mol. The molecule has 0 aliphatic carbocycles. The van der Waals surface area contributed by atoms with Crippen molar-refractivity contribution < 1.29 is 4.79 Å². The van der Waals surface area contributed by atoms with Crippen LogP contribution in [-0.4, -0.2) is 36.7 Å². The van der Waals surface area contributed by atoms with Crippen LogP contribution in [0.4, 0.5) is 0 Å². The molecule has 0 radical (unpaired) electrons. The van der Waals surface area contributed by atoms with Gasteiger partial charge in [-0.05, 0) is 49.9 Å². The summed E-state index contributed by atoms with van der Waals surface area (Å²) in [5.74, 6) is 0.0192. The maximum atomic E-state index is 12.8. The number of hydrogen-bond acceptors (Lipinski definition) is 3. The topological polar surface area (TPSA) is 32.3 Å². The average molecular weight is 369 g/mol. The number of carbonyl (C=O) groups excluding carboxylic acids is 1. The molecule has 1 aliphatic heterocycles. The number of nitrogens with one attached hydrogen (secondary N) is 1. The molecule has 1 atom stereocenters. The number of likely N-dealkylation sites (tertiary alicyclic amines) is 1. The number of nitrogens with zero attached hydrogens (tertiary/aromatic N) is 1. The van der Waals surface area contributed by atoms with E-state index in [1.807, 2.05) is 30.5 Å². The normalized spacial score (nSPS) is 16.7. The van der Waals surface area contributed by atoms with E-state index in [-0.39, 0.29) is 11.9 Å². The van der Waals surface area contributed by atoms with Gasteiger partial charge in [-0.1, -0.05) is 55.3 Å². The second-order valence-electron chi connectivity index (χ2n) is 6.79. The molecule has 1 aliphatic rings. The molecule has 138 valence electrons. The largest absolute Gasteiger partial charge is 0.350 e. The van der Waals surface area contributed by atoms with Crippen LogP contribution in [0.25, 0.3) is 0 Å². The van der Waals surface area contributed by atoms with Crippen molar-refractivity contribution >= 4 is 17.7 Å². The maximum Gasteiger partial charge on any atom is 0.252 e. The predicted octanol–water partition coefficient (Wildman–Crippen LogP) is 4.76. The van der Waals surface area contributed by atoms with Crippen molar-refractivity contribution in [3.05, 3.63) is 65.7 Å². The zero-order valence-corrected chi connectivity index (χ0v) is 16.3. The maximum absolute atomic E-state index is 12.8. The quantitative estimate of drug-likeness (QED) is 0.747. The van der Waals surface area contributed by atoms with Gasteiger partial charge in [-0.25, -0.2) is 0 Å². The van der Waals surface area contributed by atoms with Gasteiger partial charge in [0.1, 0.15) is 0 Å². The molecule has 1 saturated heterocycles. The minimum Gasteiger partial charge on any atom is -0.350 e. The van der Waals surface area contributed by atoms with E-state index in [9.17, 15) is 4.79 Å². The molecule has 0 spiro atoms. The zero-order valence-electron chi connectivity index (χ0n) is 15.5. The van der Waals surface area contributed by atoms with Gasteiger partial charge in [0.15, 0.2) is 0 Å². The van der Waals surface area contributed by atoms with Crippen molar-refractivity contribution in [1.82, 2.24) is 10.2 Å². The first kappa shape index (κ1) is 19.0. The Kier molecular flexibility index (Phi) is 7.15. The number of carbonyl (C=O) groups is 1. The van der Waals surface area contributed by atoms with E-state index < -0.39 is 0 Å². The smallest absolute Gasteiger partial charge is 0.252 e. The van der Waals surface area contributed by atoms with Gasteiger partial charge < -0.3 is 5.32 Å². The van der Waals surface area contributed by atoms with E-state index in [1.165, 1.54) is 31.2 Å². The molecule has 1 fully saturated rings. The Bertz CT molecular complexity index is 696. The van der Waals surface area contributed by atoms with Crippen LogP contribution in [0.3, 0.4) is 0 Å². The summed E-state index contributed by atoms with van der Waals surface area (Å²) in [5.41, 5.74) is 2.05. The summed E-state index contributed by atoms with van der Waals surface area (Å²) in [6.07, 6.45) is 7.12. The van der Waals surface area contributed by atoms with Gasteiger partial charge in [0.25, 0.3) is 5.91 Å². The molecular formula is C22H28N2OS. The van der Waals surface area contributed by atoms with Crippen LogP contribution in [-0.2, 0) is 0 Å². The Morgan fingerprint density at radius 3 is 2.35 bits per heavy atom. The number of rotatable bonds is 6. The lowest BCUT2D eigenvalue weighted by Gasteiger charge is -2.31. The first-order chi connectivity index (χ1) is 12.8. The number of benzene rings is 2. The number of amides is 1. The minimum absolute atomic E-state index is 0.0192. The van der Waals surface area contributed by atoms with Crippen LogP contribution in [0, 0.1) is 0 Å². The summed E-state index contributed by atoms with van der Waals surface area (Å²) >= 11 is 1.61. The Labute approximate surface area is 161 Å². The molecule has 0 unspecified atom stereocenters. The summed E-state index contributed by atoms with van der Waals surface area (Å²) in [6, 6.07) is 18.6. The Morgan fingerprint density at radius 2 is 1.65 bits per heavy atom. The van der Waals surface area contributed by atoms with Gasteiger partial charge >= 0.3 is 0 Å². The lowest BCUT2D eigenvalue weighted by Crippen LogP contribution is -2.38. The molecule has 0 saturated carbocycles. The fraction of sp³-hybridized carbons (Fsp3) is 0.409. The highest BCUT2D eigenvalue weighted by molar-refractivity contribution is 7.98. The predicted molar refractivity (Wildman–Crippen MR) is 110 cm³/mol. The average Bonchev–Trinajstić information content (AvgIpc) is 2.98. The SMILES string of the molecule is CSc1ccccc1C(=O)NC[C@@H](c1ccccc1)N1CCCCCC1. The van der Waals surface area contributed by atoms with E-state index in [4.69, 9.17) is 0 Å². The van der Waals surface area contributed by atoms with E-state index in [2.05, 4.69) is 40.5 Å². The Morgan fingerprint density at radius 1 is 1.00 bits per heavy atom. The molecule has 3 rings (SSSR count). The van der Waals surface area contributed by atoms with E-state index in [1.54, 1.807) is 11.8 Å². The van der Waals surface area contributed by atoms with Crippen molar-refractivity contribution in [3.63, 3.8) is 0 Å². The van der Waals surface area contributed by atoms with Crippen molar-refractivity contribution in [2.75, 3.05) is 25.9 Å². The van der Waals surface area contributed by atoms with Crippen molar-refractivity contribution in [2.45, 2.75) is 36.6 Å². The van der Waals surface area contributed by atoms with Gasteiger partial charge in [0.05, 0.1) is 11.6 Å². The van der Waals surface area contributed by atoms with E-state index in [0.717, 1.165) is 23.5 Å². The molecule has 4 heteroatoms. The highest BCUT2D eigenvalue weighted by atomic mass is 32.2. The third-order valence-corrected chi connectivity index (χ3v) is 5.87. The second kappa shape index (κ2) is 9.79. The fourth-order valence-electron chi connectivity index (χ4n) is 3.66. The van der Waals surface area contributed by atoms with Gasteiger partial charge in [0, 0.05) is 11.4 Å².